The quantitative estimate of drug-likeness (QED) is 0.537. The minimum Gasteiger partial charge on any atom is -0.497 e. The molecule has 0 aliphatic rings. The molecule has 29 heavy (non-hydrogen) atoms. The van der Waals surface area contributed by atoms with Crippen molar-refractivity contribution >= 4 is 17.2 Å². The SMILES string of the molecule is COc1ccc(NC(=O)Cc2nnc3cc(-c4nc(C(C)C)no4)ccn23)cc1. The van der Waals surface area contributed by atoms with Gasteiger partial charge in [-0.3, -0.25) is 9.20 Å². The molecule has 0 radical (unpaired) electrons. The van der Waals surface area contributed by atoms with Crippen molar-refractivity contribution in [3.05, 3.63) is 54.2 Å². The summed E-state index contributed by atoms with van der Waals surface area (Å²) in [6.07, 6.45) is 1.88. The van der Waals surface area contributed by atoms with Crippen molar-refractivity contribution in [2.75, 3.05) is 12.4 Å². The van der Waals surface area contributed by atoms with Gasteiger partial charge >= 0.3 is 0 Å². The van der Waals surface area contributed by atoms with E-state index in [4.69, 9.17) is 9.26 Å². The first-order chi connectivity index (χ1) is 14.0. The summed E-state index contributed by atoms with van der Waals surface area (Å²) >= 11 is 0. The summed E-state index contributed by atoms with van der Waals surface area (Å²) in [5.41, 5.74) is 2.03. The van der Waals surface area contributed by atoms with Crippen LogP contribution in [0.2, 0.25) is 0 Å². The molecule has 1 amide bonds. The molecule has 4 rings (SSSR count). The van der Waals surface area contributed by atoms with Crippen LogP contribution in [0, 0.1) is 0 Å². The van der Waals surface area contributed by atoms with Gasteiger partial charge in [0.25, 0.3) is 5.89 Å². The molecular formula is C20H20N6O3. The van der Waals surface area contributed by atoms with Crippen molar-refractivity contribution in [3.63, 3.8) is 0 Å². The number of pyridine rings is 1. The van der Waals surface area contributed by atoms with Crippen molar-refractivity contribution < 1.29 is 14.1 Å². The zero-order valence-corrected chi connectivity index (χ0v) is 16.3. The Labute approximate surface area is 166 Å². The summed E-state index contributed by atoms with van der Waals surface area (Å²) < 4.78 is 12.2. The Morgan fingerprint density at radius 3 is 2.69 bits per heavy atom. The van der Waals surface area contributed by atoms with Gasteiger partial charge in [0.15, 0.2) is 11.5 Å². The topological polar surface area (TPSA) is 107 Å². The number of benzene rings is 1. The van der Waals surface area contributed by atoms with E-state index >= 15 is 0 Å². The molecule has 9 heteroatoms. The second-order valence-corrected chi connectivity index (χ2v) is 6.83. The van der Waals surface area contributed by atoms with Crippen LogP contribution in [0.25, 0.3) is 17.1 Å². The van der Waals surface area contributed by atoms with E-state index in [2.05, 4.69) is 25.7 Å². The molecular weight excluding hydrogens is 372 g/mol. The van der Waals surface area contributed by atoms with Gasteiger partial charge in [-0.1, -0.05) is 19.0 Å². The van der Waals surface area contributed by atoms with Gasteiger partial charge < -0.3 is 14.6 Å². The van der Waals surface area contributed by atoms with Crippen molar-refractivity contribution in [3.8, 4) is 17.2 Å². The molecule has 9 nitrogen and oxygen atoms in total. The van der Waals surface area contributed by atoms with E-state index in [9.17, 15) is 4.79 Å². The molecule has 3 heterocycles. The van der Waals surface area contributed by atoms with Crippen LogP contribution in [-0.2, 0) is 11.2 Å². The number of hydrogen-bond acceptors (Lipinski definition) is 7. The fraction of sp³-hybridized carbons (Fsp3) is 0.250. The average Bonchev–Trinajstić information content (AvgIpc) is 3.36. The molecule has 0 saturated heterocycles. The minimum atomic E-state index is -0.188. The number of aromatic nitrogens is 5. The standard InChI is InChI=1S/C20H20N6O3/c1-12(2)19-22-20(29-25-19)13-8-9-26-16(10-13)23-24-17(26)11-18(27)21-14-4-6-15(28-3)7-5-14/h4-10,12H,11H2,1-3H3,(H,21,27). The number of carbonyl (C=O) groups excluding carboxylic acids is 1. The van der Waals surface area contributed by atoms with Gasteiger partial charge in [0.05, 0.1) is 13.5 Å². The second-order valence-electron chi connectivity index (χ2n) is 6.83. The van der Waals surface area contributed by atoms with E-state index in [1.807, 2.05) is 19.9 Å². The molecule has 0 spiro atoms. The molecule has 0 unspecified atom stereocenters. The number of amides is 1. The number of fused-ring (bicyclic) bond motifs is 1. The minimum absolute atomic E-state index is 0.0879. The lowest BCUT2D eigenvalue weighted by Gasteiger charge is -2.06. The molecule has 0 aliphatic carbocycles. The van der Waals surface area contributed by atoms with Crippen LogP contribution in [0.4, 0.5) is 5.69 Å². The molecule has 148 valence electrons. The maximum Gasteiger partial charge on any atom is 0.258 e. The highest BCUT2D eigenvalue weighted by Crippen LogP contribution is 2.21. The molecule has 4 aromatic rings. The lowest BCUT2D eigenvalue weighted by molar-refractivity contribution is -0.115. The highest BCUT2D eigenvalue weighted by Gasteiger charge is 2.15. The predicted octanol–water partition coefficient (Wildman–Crippen LogP) is 3.09. The van der Waals surface area contributed by atoms with Gasteiger partial charge in [0, 0.05) is 23.4 Å². The van der Waals surface area contributed by atoms with Crippen LogP contribution in [0.3, 0.4) is 0 Å². The van der Waals surface area contributed by atoms with Crippen LogP contribution in [0.15, 0.2) is 47.1 Å². The van der Waals surface area contributed by atoms with E-state index in [0.717, 1.165) is 11.3 Å². The average molecular weight is 392 g/mol. The maximum absolute atomic E-state index is 12.4. The lowest BCUT2D eigenvalue weighted by Crippen LogP contribution is -2.16. The zero-order valence-electron chi connectivity index (χ0n) is 16.3. The Morgan fingerprint density at radius 2 is 2.00 bits per heavy atom. The summed E-state index contributed by atoms with van der Waals surface area (Å²) in [5, 5.41) is 15.1. The van der Waals surface area contributed by atoms with Gasteiger partial charge in [0.1, 0.15) is 11.6 Å². The second kappa shape index (κ2) is 7.70. The van der Waals surface area contributed by atoms with Crippen molar-refractivity contribution in [2.45, 2.75) is 26.2 Å². The van der Waals surface area contributed by atoms with E-state index in [1.165, 1.54) is 0 Å². The third kappa shape index (κ3) is 3.93. The van der Waals surface area contributed by atoms with Crippen LogP contribution in [-0.4, -0.2) is 37.8 Å². The Morgan fingerprint density at radius 1 is 1.21 bits per heavy atom. The third-order valence-corrected chi connectivity index (χ3v) is 4.38. The number of ether oxygens (including phenoxy) is 1. The van der Waals surface area contributed by atoms with Crippen LogP contribution in [0.1, 0.15) is 31.4 Å². The van der Waals surface area contributed by atoms with Crippen molar-refractivity contribution in [1.29, 1.82) is 0 Å². The number of carbonyl (C=O) groups is 1. The highest BCUT2D eigenvalue weighted by atomic mass is 16.5. The highest BCUT2D eigenvalue weighted by molar-refractivity contribution is 5.92. The molecule has 0 bridgehead atoms. The Hall–Kier alpha value is -3.75. The number of nitrogens with zero attached hydrogens (tertiary/aromatic N) is 5. The van der Waals surface area contributed by atoms with E-state index in [1.54, 1.807) is 48.0 Å². The summed E-state index contributed by atoms with van der Waals surface area (Å²) in [6, 6.07) is 10.8. The summed E-state index contributed by atoms with van der Waals surface area (Å²) in [5.74, 6) is 2.33. The van der Waals surface area contributed by atoms with Crippen LogP contribution >= 0.6 is 0 Å². The first-order valence-corrected chi connectivity index (χ1v) is 9.15. The smallest absolute Gasteiger partial charge is 0.258 e. The Bertz CT molecular complexity index is 1150. The Balaban J connectivity index is 1.50. The predicted molar refractivity (Wildman–Crippen MR) is 106 cm³/mol. The summed E-state index contributed by atoms with van der Waals surface area (Å²) in [6.45, 7) is 4.00. The van der Waals surface area contributed by atoms with E-state index in [0.29, 0.717) is 28.9 Å². The van der Waals surface area contributed by atoms with Crippen molar-refractivity contribution in [2.24, 2.45) is 0 Å². The monoisotopic (exact) mass is 392 g/mol. The summed E-state index contributed by atoms with van der Waals surface area (Å²) in [4.78, 5) is 16.8. The van der Waals surface area contributed by atoms with Crippen LogP contribution in [0.5, 0.6) is 5.75 Å². The largest absolute Gasteiger partial charge is 0.497 e. The third-order valence-electron chi connectivity index (χ3n) is 4.38. The molecule has 0 aliphatic heterocycles. The number of methoxy groups -OCH3 is 1. The van der Waals surface area contributed by atoms with Gasteiger partial charge in [-0.25, -0.2) is 0 Å². The number of anilines is 1. The molecule has 0 fully saturated rings. The maximum atomic E-state index is 12.4. The number of nitrogens with one attached hydrogen (secondary N) is 1. The molecule has 1 aromatic carbocycles. The Kier molecular flexibility index (Phi) is 4.94. The molecule has 3 aromatic heterocycles. The van der Waals surface area contributed by atoms with E-state index < -0.39 is 0 Å². The molecule has 1 N–H and O–H groups in total. The van der Waals surface area contributed by atoms with E-state index in [-0.39, 0.29) is 18.2 Å². The van der Waals surface area contributed by atoms with Crippen molar-refractivity contribution in [1.82, 2.24) is 24.7 Å². The first kappa shape index (κ1) is 18.6. The number of hydrogen-bond donors (Lipinski definition) is 1. The molecule has 0 atom stereocenters. The van der Waals surface area contributed by atoms with Gasteiger partial charge in [-0.05, 0) is 36.4 Å². The fourth-order valence-corrected chi connectivity index (χ4v) is 2.80. The lowest BCUT2D eigenvalue weighted by atomic mass is 10.2. The zero-order chi connectivity index (χ0) is 20.4. The number of rotatable bonds is 6. The normalized spacial score (nSPS) is 11.2. The van der Waals surface area contributed by atoms with Gasteiger partial charge in [-0.2, -0.15) is 4.98 Å². The fourth-order valence-electron chi connectivity index (χ4n) is 2.80. The van der Waals surface area contributed by atoms with Crippen LogP contribution < -0.4 is 10.1 Å². The van der Waals surface area contributed by atoms with Gasteiger partial charge in [-0.15, -0.1) is 10.2 Å². The molecule has 0 saturated carbocycles. The van der Waals surface area contributed by atoms with Gasteiger partial charge in [0.2, 0.25) is 5.91 Å². The first-order valence-electron chi connectivity index (χ1n) is 9.15. The summed E-state index contributed by atoms with van der Waals surface area (Å²) in [7, 11) is 1.59.